The van der Waals surface area contributed by atoms with E-state index in [4.69, 9.17) is 23.9 Å². The van der Waals surface area contributed by atoms with E-state index in [0.29, 0.717) is 11.8 Å². The Hall–Kier alpha value is -2.38. The molecule has 0 aliphatic heterocycles. The minimum absolute atomic E-state index is 0.0714. The van der Waals surface area contributed by atoms with Gasteiger partial charge in [0.1, 0.15) is 18.0 Å². The number of aromatic nitrogens is 5. The van der Waals surface area contributed by atoms with Crippen molar-refractivity contribution in [1.82, 2.24) is 25.0 Å². The molecule has 12 heteroatoms. The molecule has 2 aromatic heterocycles. The second-order valence-electron chi connectivity index (χ2n) is 7.54. The highest BCUT2D eigenvalue weighted by atomic mass is 32.2. The van der Waals surface area contributed by atoms with E-state index in [1.165, 1.54) is 26.0 Å². The molecule has 5 rings (SSSR count). The van der Waals surface area contributed by atoms with Crippen LogP contribution in [-0.4, -0.2) is 83.4 Å². The summed E-state index contributed by atoms with van der Waals surface area (Å²) >= 11 is 0.354. The van der Waals surface area contributed by atoms with Gasteiger partial charge >= 0.3 is 0 Å². The second kappa shape index (κ2) is 10.5. The van der Waals surface area contributed by atoms with Gasteiger partial charge in [-0.15, -0.1) is 5.10 Å². The molecule has 0 amide bonds. The number of hydrogen-bond donors (Lipinski definition) is 4. The second-order valence-corrected chi connectivity index (χ2v) is 8.40. The molecule has 0 bridgehead atoms. The monoisotopic (exact) mass is 532 g/mol. The number of aryl methyl sites for hydroxylation is 1. The predicted molar refractivity (Wildman–Crippen MR) is 133 cm³/mol. The van der Waals surface area contributed by atoms with Crippen LogP contribution >= 0.6 is 11.8 Å². The summed E-state index contributed by atoms with van der Waals surface area (Å²) in [6.07, 6.45) is -19.0. The van der Waals surface area contributed by atoms with Crippen LogP contribution in [0.25, 0.3) is 11.2 Å². The first kappa shape index (κ1) is 13.4. The van der Waals surface area contributed by atoms with Crippen LogP contribution in [0.3, 0.4) is 0 Å². The van der Waals surface area contributed by atoms with E-state index in [2.05, 4.69) is 25.6 Å². The SMILES string of the molecule is [2H]C([2H])(O)CO[C@@]1([2H])C([2H])([2H])[C@@]([2H])(n2nnc3c(N[C@]4([2H])C([2H])([2H])[C@@]4([2H])c4ccc(C)c(F)c4)nc(SC([2H])([2H])CC)nc32)[C@]([2H])(O)[C@]1([2H])O. The van der Waals surface area contributed by atoms with Gasteiger partial charge in [-0.3, -0.25) is 0 Å². The van der Waals surface area contributed by atoms with Crippen molar-refractivity contribution in [3.63, 3.8) is 0 Å². The van der Waals surface area contributed by atoms with E-state index in [9.17, 15) is 19.7 Å². The van der Waals surface area contributed by atoms with Crippen molar-refractivity contribution in [2.45, 2.75) is 74.3 Å². The molecule has 2 aliphatic rings. The number of halogens is 1. The number of nitrogens with one attached hydrogen (secondary N) is 1. The van der Waals surface area contributed by atoms with Crippen molar-refractivity contribution in [3.05, 3.63) is 35.1 Å². The molecule has 0 saturated heterocycles. The molecule has 0 unspecified atom stereocenters. The lowest BCUT2D eigenvalue weighted by Crippen LogP contribution is -2.33. The fourth-order valence-electron chi connectivity index (χ4n) is 3.29. The molecule has 2 saturated carbocycles. The van der Waals surface area contributed by atoms with Gasteiger partial charge < -0.3 is 25.4 Å². The van der Waals surface area contributed by atoms with Crippen LogP contribution in [0.15, 0.2) is 23.4 Å². The molecule has 6 atom stereocenters. The minimum Gasteiger partial charge on any atom is -0.394 e. The number of fused-ring (bicyclic) bond motifs is 1. The molecule has 3 aromatic rings. The van der Waals surface area contributed by atoms with Gasteiger partial charge in [0, 0.05) is 33.6 Å². The zero-order valence-corrected chi connectivity index (χ0v) is 19.7. The predicted octanol–water partition coefficient (Wildman–Crippen LogP) is 2.18. The lowest BCUT2D eigenvalue weighted by molar-refractivity contribution is -0.0629. The number of aliphatic hydroxyl groups is 3. The Kier molecular flexibility index (Phi) is 3.93. The van der Waals surface area contributed by atoms with Gasteiger partial charge in [0.05, 0.1) is 34.9 Å². The minimum atomic E-state index is -4.14. The Labute approximate surface area is 232 Å². The number of hydrogen-bond acceptors (Lipinski definition) is 10. The number of nitrogens with zero attached hydrogens (tertiary/aromatic N) is 5. The van der Waals surface area contributed by atoms with Crippen LogP contribution in [-0.2, 0) is 4.74 Å². The molecule has 2 aliphatic carbocycles. The van der Waals surface area contributed by atoms with E-state index in [1.54, 1.807) is 0 Å². The van der Waals surface area contributed by atoms with Gasteiger partial charge in [-0.1, -0.05) is 36.0 Å². The summed E-state index contributed by atoms with van der Waals surface area (Å²) in [5.74, 6) is -3.93. The van der Waals surface area contributed by atoms with Crippen molar-refractivity contribution in [3.8, 4) is 0 Å². The number of benzene rings is 1. The number of ether oxygens (including phenoxy) is 1. The largest absolute Gasteiger partial charge is 0.394 e. The topological polar surface area (TPSA) is 138 Å². The molecule has 194 valence electrons. The van der Waals surface area contributed by atoms with Gasteiger partial charge in [-0.2, -0.15) is 0 Å². The summed E-state index contributed by atoms with van der Waals surface area (Å²) in [6, 6.07) is -3.09. The Morgan fingerprint density at radius 1 is 1.33 bits per heavy atom. The Balaban J connectivity index is 1.73. The quantitative estimate of drug-likeness (QED) is 0.227. The third-order valence-corrected chi connectivity index (χ3v) is 5.92. The maximum absolute atomic E-state index is 14.5. The summed E-state index contributed by atoms with van der Waals surface area (Å²) in [4.78, 5) is 8.19. The van der Waals surface area contributed by atoms with E-state index in [1.807, 2.05) is 0 Å². The van der Waals surface area contributed by atoms with Crippen LogP contribution in [0.1, 0.15) is 68.3 Å². The Morgan fingerprint density at radius 2 is 2.17 bits per heavy atom. The molecule has 2 heterocycles. The van der Waals surface area contributed by atoms with E-state index in [0.717, 1.165) is 6.07 Å². The Bertz CT molecular complexity index is 1870. The van der Waals surface area contributed by atoms with Gasteiger partial charge in [-0.25, -0.2) is 19.0 Å². The van der Waals surface area contributed by atoms with Crippen molar-refractivity contribution in [1.29, 1.82) is 0 Å². The van der Waals surface area contributed by atoms with Crippen molar-refractivity contribution in [2.24, 2.45) is 0 Å². The number of anilines is 1. The summed E-state index contributed by atoms with van der Waals surface area (Å²) in [6.45, 7) is -1.94. The van der Waals surface area contributed by atoms with E-state index >= 15 is 0 Å². The van der Waals surface area contributed by atoms with Gasteiger partial charge in [0.25, 0.3) is 0 Å². The summed E-state index contributed by atoms with van der Waals surface area (Å²) < 4.78 is 137. The third-order valence-electron chi connectivity index (χ3n) is 5.12. The van der Waals surface area contributed by atoms with Gasteiger partial charge in [-0.05, 0) is 36.9 Å². The zero-order chi connectivity index (χ0) is 38.1. The van der Waals surface area contributed by atoms with Crippen LogP contribution in [0, 0.1) is 12.7 Å². The van der Waals surface area contributed by atoms with Crippen LogP contribution < -0.4 is 5.32 Å². The molecule has 4 N–H and O–H groups in total. The molecular weight excluding hydrogens is 487 g/mol. The maximum Gasteiger partial charge on any atom is 0.191 e. The summed E-state index contributed by atoms with van der Waals surface area (Å²) in [5, 5.41) is 40.9. The normalized spacial score (nSPS) is 49.2. The van der Waals surface area contributed by atoms with Gasteiger partial charge in [0.2, 0.25) is 0 Å². The standard InChI is InChI=1S/C24H31FN6O4S/c1-3-8-36-24-27-22(26-16-10-14(16)13-5-4-12(2)15(25)9-13)19-23(28-24)31(30-29-19)17-11-18(35-7-6-32)21(34)20(17)33/h4-5,9,14,16-18,20-21,32-34H,3,6-8,10-11H2,1-2H3,(H,26,27,28)/t14-,16+,17+,18-,20-,21+/m0/s1/i6D2,8D2,10D2,11D2,14D,16D,17D,18D,20D,21D. The van der Waals surface area contributed by atoms with Crippen molar-refractivity contribution in [2.75, 3.05) is 24.2 Å². The smallest absolute Gasteiger partial charge is 0.191 e. The first-order valence-corrected chi connectivity index (χ1v) is 11.4. The molecule has 10 nitrogen and oxygen atoms in total. The fourth-order valence-corrected chi connectivity index (χ4v) is 3.84. The molecule has 0 spiro atoms. The molecule has 2 fully saturated rings. The summed E-state index contributed by atoms with van der Waals surface area (Å²) in [7, 11) is 0. The third kappa shape index (κ3) is 4.92. The molecular formula is C24H31FN6O4S. The highest BCUT2D eigenvalue weighted by molar-refractivity contribution is 7.99. The van der Waals surface area contributed by atoms with Crippen LogP contribution in [0.4, 0.5) is 10.2 Å². The van der Waals surface area contributed by atoms with E-state index < -0.39 is 95.7 Å². The maximum atomic E-state index is 14.5. The fraction of sp³-hybridized carbons (Fsp3) is 0.583. The zero-order valence-electron chi connectivity index (χ0n) is 32.9. The lowest BCUT2D eigenvalue weighted by Gasteiger charge is -2.17. The van der Waals surface area contributed by atoms with Crippen molar-refractivity contribution >= 4 is 28.7 Å². The average molecular weight is 533 g/mol. The van der Waals surface area contributed by atoms with E-state index in [-0.39, 0.29) is 22.2 Å². The highest BCUT2D eigenvalue weighted by Gasteiger charge is 2.45. The van der Waals surface area contributed by atoms with Crippen LogP contribution in [0.5, 0.6) is 0 Å². The number of thioether (sulfide) groups is 1. The van der Waals surface area contributed by atoms with Crippen molar-refractivity contribution < 1.29 is 43.6 Å². The first-order chi connectivity index (χ1) is 22.4. The Morgan fingerprint density at radius 3 is 2.92 bits per heavy atom. The molecule has 0 radical (unpaired) electrons. The average Bonchev–Trinajstić information content (AvgIpc) is 3.26. The molecule has 1 aromatic carbocycles. The van der Waals surface area contributed by atoms with Gasteiger partial charge in [0.15, 0.2) is 22.1 Å². The number of rotatable bonds is 10. The summed E-state index contributed by atoms with van der Waals surface area (Å²) in [5.41, 5.74) is -3.64. The lowest BCUT2D eigenvalue weighted by atomic mass is 10.1. The highest BCUT2D eigenvalue weighted by Crippen LogP contribution is 2.44. The molecule has 36 heavy (non-hydrogen) atoms. The first-order valence-electron chi connectivity index (χ1n) is 17.6. The van der Waals surface area contributed by atoms with Crippen LogP contribution in [0.2, 0.25) is 0 Å².